The van der Waals surface area contributed by atoms with E-state index in [0.717, 1.165) is 18.7 Å². The summed E-state index contributed by atoms with van der Waals surface area (Å²) in [7, 11) is 0. The maximum Gasteiger partial charge on any atom is 0.312 e. The number of hydrogen-bond acceptors (Lipinski definition) is 2. The molecule has 1 aromatic rings. The van der Waals surface area contributed by atoms with Crippen molar-refractivity contribution in [1.82, 2.24) is 4.90 Å². The van der Waals surface area contributed by atoms with Crippen LogP contribution in [0, 0.1) is 0 Å². The van der Waals surface area contributed by atoms with E-state index < -0.39 is 5.97 Å². The molecule has 0 aliphatic carbocycles. The molecular formula is C12H15NO2. The number of nitrogens with zero attached hydrogens (tertiary/aromatic N) is 1. The largest absolute Gasteiger partial charge is 0.481 e. The fraction of sp³-hybridized carbons (Fsp3) is 0.417. The number of rotatable bonds is 4. The average Bonchev–Trinajstić information content (AvgIpc) is 2.17. The van der Waals surface area contributed by atoms with Crippen LogP contribution in [0.1, 0.15) is 17.9 Å². The molecule has 1 heterocycles. The first-order valence-electron chi connectivity index (χ1n) is 5.27. The zero-order valence-corrected chi connectivity index (χ0v) is 8.60. The molecular weight excluding hydrogens is 190 g/mol. The molecule has 1 aliphatic rings. The predicted octanol–water partition coefficient (Wildman–Crippen LogP) is 1.56. The molecule has 0 radical (unpaired) electrons. The average molecular weight is 205 g/mol. The number of carboxylic acid groups (broad SMARTS) is 1. The number of likely N-dealkylation sites (tertiary alicyclic amines) is 1. The summed E-state index contributed by atoms with van der Waals surface area (Å²) in [4.78, 5) is 13.3. The van der Waals surface area contributed by atoms with E-state index in [4.69, 9.17) is 5.11 Å². The molecule has 1 N–H and O–H groups in total. The van der Waals surface area contributed by atoms with Crippen molar-refractivity contribution in [2.75, 3.05) is 19.6 Å². The van der Waals surface area contributed by atoms with Crippen LogP contribution in [0.3, 0.4) is 0 Å². The fourth-order valence-electron chi connectivity index (χ4n) is 1.83. The summed E-state index contributed by atoms with van der Waals surface area (Å²) in [5.74, 6) is -1.11. The minimum atomic E-state index is -0.729. The van der Waals surface area contributed by atoms with Gasteiger partial charge in [-0.2, -0.15) is 0 Å². The van der Waals surface area contributed by atoms with Crippen LogP contribution in [0.25, 0.3) is 0 Å². The molecule has 1 aliphatic heterocycles. The molecule has 1 unspecified atom stereocenters. The van der Waals surface area contributed by atoms with Gasteiger partial charge in [-0.3, -0.25) is 4.79 Å². The normalized spacial score (nSPS) is 18.1. The first-order valence-corrected chi connectivity index (χ1v) is 5.27. The van der Waals surface area contributed by atoms with Gasteiger partial charge in [0.25, 0.3) is 0 Å². The lowest BCUT2D eigenvalue weighted by molar-refractivity contribution is -0.139. The maximum atomic E-state index is 11.1. The van der Waals surface area contributed by atoms with Gasteiger partial charge in [0.15, 0.2) is 0 Å². The number of carbonyl (C=O) groups is 1. The SMILES string of the molecule is O=C(O)C(CN1CCC1)c1ccccc1. The van der Waals surface area contributed by atoms with Crippen LogP contribution in [0.4, 0.5) is 0 Å². The summed E-state index contributed by atoms with van der Waals surface area (Å²) < 4.78 is 0. The van der Waals surface area contributed by atoms with Crippen molar-refractivity contribution in [1.29, 1.82) is 0 Å². The second-order valence-electron chi connectivity index (χ2n) is 3.96. The zero-order valence-electron chi connectivity index (χ0n) is 8.60. The van der Waals surface area contributed by atoms with Gasteiger partial charge in [-0.05, 0) is 25.1 Å². The Hall–Kier alpha value is -1.35. The van der Waals surface area contributed by atoms with Crippen LogP contribution in [-0.4, -0.2) is 35.6 Å². The highest BCUT2D eigenvalue weighted by molar-refractivity contribution is 5.76. The third-order valence-electron chi connectivity index (χ3n) is 2.89. The third kappa shape index (κ3) is 2.36. The standard InChI is InChI=1S/C12H15NO2/c14-12(15)11(9-13-7-4-8-13)10-5-2-1-3-6-10/h1-3,5-6,11H,4,7-9H2,(H,14,15). The van der Waals surface area contributed by atoms with Gasteiger partial charge in [0.1, 0.15) is 0 Å². The summed E-state index contributed by atoms with van der Waals surface area (Å²) in [5, 5.41) is 9.17. The Balaban J connectivity index is 2.08. The van der Waals surface area contributed by atoms with E-state index in [9.17, 15) is 4.79 Å². The van der Waals surface area contributed by atoms with E-state index in [-0.39, 0.29) is 5.92 Å². The highest BCUT2D eigenvalue weighted by Crippen LogP contribution is 2.19. The topological polar surface area (TPSA) is 40.5 Å². The molecule has 1 saturated heterocycles. The van der Waals surface area contributed by atoms with Crippen LogP contribution in [0.2, 0.25) is 0 Å². The van der Waals surface area contributed by atoms with E-state index in [1.807, 2.05) is 30.3 Å². The second kappa shape index (κ2) is 4.45. The van der Waals surface area contributed by atoms with Crippen LogP contribution in [0.5, 0.6) is 0 Å². The lowest BCUT2D eigenvalue weighted by Gasteiger charge is -2.32. The van der Waals surface area contributed by atoms with Crippen molar-refractivity contribution in [3.63, 3.8) is 0 Å². The van der Waals surface area contributed by atoms with E-state index >= 15 is 0 Å². The summed E-state index contributed by atoms with van der Waals surface area (Å²) >= 11 is 0. The highest BCUT2D eigenvalue weighted by atomic mass is 16.4. The van der Waals surface area contributed by atoms with Gasteiger partial charge in [-0.15, -0.1) is 0 Å². The minimum absolute atomic E-state index is 0.383. The van der Waals surface area contributed by atoms with Crippen molar-refractivity contribution in [3.05, 3.63) is 35.9 Å². The van der Waals surface area contributed by atoms with Gasteiger partial charge in [-0.1, -0.05) is 30.3 Å². The molecule has 80 valence electrons. The Morgan fingerprint density at radius 2 is 2.00 bits per heavy atom. The van der Waals surface area contributed by atoms with Gasteiger partial charge in [-0.25, -0.2) is 0 Å². The van der Waals surface area contributed by atoms with Crippen LogP contribution < -0.4 is 0 Å². The summed E-state index contributed by atoms with van der Waals surface area (Å²) in [6, 6.07) is 9.46. The molecule has 3 heteroatoms. The zero-order chi connectivity index (χ0) is 10.7. The summed E-state index contributed by atoms with van der Waals surface area (Å²) in [6.45, 7) is 2.71. The summed E-state index contributed by atoms with van der Waals surface area (Å²) in [6.07, 6.45) is 1.20. The van der Waals surface area contributed by atoms with Gasteiger partial charge in [0.2, 0.25) is 0 Å². The Bertz CT molecular complexity index is 333. The molecule has 0 bridgehead atoms. The van der Waals surface area contributed by atoms with Crippen LogP contribution in [-0.2, 0) is 4.79 Å². The number of carboxylic acids is 1. The van der Waals surface area contributed by atoms with E-state index in [1.54, 1.807) is 0 Å². The Morgan fingerprint density at radius 1 is 1.33 bits per heavy atom. The quantitative estimate of drug-likeness (QED) is 0.811. The van der Waals surface area contributed by atoms with Gasteiger partial charge >= 0.3 is 5.97 Å². The smallest absolute Gasteiger partial charge is 0.312 e. The molecule has 3 nitrogen and oxygen atoms in total. The molecule has 1 atom stereocenters. The number of benzene rings is 1. The van der Waals surface area contributed by atoms with Crippen molar-refractivity contribution in [2.45, 2.75) is 12.3 Å². The molecule has 2 rings (SSSR count). The molecule has 0 spiro atoms. The number of aliphatic carboxylic acids is 1. The highest BCUT2D eigenvalue weighted by Gasteiger charge is 2.25. The van der Waals surface area contributed by atoms with Crippen molar-refractivity contribution >= 4 is 5.97 Å². The van der Waals surface area contributed by atoms with Gasteiger partial charge in [0.05, 0.1) is 5.92 Å². The Morgan fingerprint density at radius 3 is 2.47 bits per heavy atom. The second-order valence-corrected chi connectivity index (χ2v) is 3.96. The van der Waals surface area contributed by atoms with E-state index in [1.165, 1.54) is 6.42 Å². The van der Waals surface area contributed by atoms with E-state index in [2.05, 4.69) is 4.90 Å². The predicted molar refractivity (Wildman–Crippen MR) is 57.9 cm³/mol. The van der Waals surface area contributed by atoms with Crippen LogP contribution >= 0.6 is 0 Å². The van der Waals surface area contributed by atoms with Crippen molar-refractivity contribution < 1.29 is 9.90 Å². The minimum Gasteiger partial charge on any atom is -0.481 e. The number of hydrogen-bond donors (Lipinski definition) is 1. The monoisotopic (exact) mass is 205 g/mol. The molecule has 0 aromatic heterocycles. The van der Waals surface area contributed by atoms with Crippen molar-refractivity contribution in [2.24, 2.45) is 0 Å². The van der Waals surface area contributed by atoms with Crippen molar-refractivity contribution in [3.8, 4) is 0 Å². The molecule has 15 heavy (non-hydrogen) atoms. The van der Waals surface area contributed by atoms with Crippen LogP contribution in [0.15, 0.2) is 30.3 Å². The molecule has 0 amide bonds. The molecule has 1 aromatic carbocycles. The first-order chi connectivity index (χ1) is 7.27. The lowest BCUT2D eigenvalue weighted by Crippen LogP contribution is -2.41. The van der Waals surface area contributed by atoms with E-state index in [0.29, 0.717) is 6.54 Å². The third-order valence-corrected chi connectivity index (χ3v) is 2.89. The van der Waals surface area contributed by atoms with Gasteiger partial charge < -0.3 is 10.0 Å². The first kappa shape index (κ1) is 10.2. The maximum absolute atomic E-state index is 11.1. The fourth-order valence-corrected chi connectivity index (χ4v) is 1.83. The molecule has 1 fully saturated rings. The van der Waals surface area contributed by atoms with Gasteiger partial charge in [0, 0.05) is 6.54 Å². The lowest BCUT2D eigenvalue weighted by atomic mass is 9.97. The Kier molecular flexibility index (Phi) is 3.02. The molecule has 0 saturated carbocycles. The summed E-state index contributed by atoms with van der Waals surface area (Å²) in [5.41, 5.74) is 0.900. The Labute approximate surface area is 89.3 Å².